The van der Waals surface area contributed by atoms with Gasteiger partial charge in [0.15, 0.2) is 6.61 Å². The Kier molecular flexibility index (Phi) is 6.98. The number of methoxy groups -OCH3 is 1. The first-order valence-corrected chi connectivity index (χ1v) is 8.27. The van der Waals surface area contributed by atoms with Gasteiger partial charge < -0.3 is 14.8 Å². The molecule has 0 spiro atoms. The first kappa shape index (κ1) is 20.5. The van der Waals surface area contributed by atoms with Gasteiger partial charge in [0.05, 0.1) is 29.2 Å². The first-order chi connectivity index (χ1) is 12.8. The van der Waals surface area contributed by atoms with Crippen molar-refractivity contribution < 1.29 is 24.0 Å². The third kappa shape index (κ3) is 5.83. The number of amides is 1. The number of hydrogen-bond acceptors (Lipinski definition) is 6. The molecule has 0 aromatic heterocycles. The summed E-state index contributed by atoms with van der Waals surface area (Å²) in [5, 5.41) is 13.5. The summed E-state index contributed by atoms with van der Waals surface area (Å²) in [6, 6.07) is 8.40. The second-order valence-corrected chi connectivity index (χ2v) is 6.11. The Morgan fingerprint density at radius 3 is 2.56 bits per heavy atom. The molecule has 0 aliphatic carbocycles. The highest BCUT2D eigenvalue weighted by Gasteiger charge is 2.15. The quantitative estimate of drug-likeness (QED) is 0.422. The average Bonchev–Trinajstić information content (AvgIpc) is 2.61. The average molecular weight is 413 g/mol. The molecule has 0 aliphatic rings. The number of halogens is 2. The highest BCUT2D eigenvalue weighted by atomic mass is 35.5. The molecule has 0 heterocycles. The smallest absolute Gasteiger partial charge is 0.310 e. The minimum Gasteiger partial charge on any atom is -0.496 e. The number of anilines is 1. The van der Waals surface area contributed by atoms with Crippen molar-refractivity contribution in [2.24, 2.45) is 0 Å². The lowest BCUT2D eigenvalue weighted by atomic mass is 10.1. The number of non-ortho nitro benzene ring substituents is 1. The van der Waals surface area contributed by atoms with E-state index in [1.165, 1.54) is 19.2 Å². The molecule has 2 rings (SSSR count). The number of nitro groups is 1. The SMILES string of the molecule is COc1ccc(Cl)cc1CC(=O)OCC(=O)Nc1ccc([N+](=O)[O-])cc1Cl. The molecule has 8 nitrogen and oxygen atoms in total. The Bertz CT molecular complexity index is 888. The maximum absolute atomic E-state index is 11.9. The maximum atomic E-state index is 11.9. The topological polar surface area (TPSA) is 108 Å². The Hall–Kier alpha value is -2.84. The molecule has 10 heteroatoms. The van der Waals surface area contributed by atoms with E-state index in [-0.39, 0.29) is 22.8 Å². The number of esters is 1. The molecular formula is C17H14Cl2N2O6. The van der Waals surface area contributed by atoms with E-state index >= 15 is 0 Å². The Morgan fingerprint density at radius 1 is 1.19 bits per heavy atom. The molecule has 0 unspecified atom stereocenters. The molecule has 0 aliphatic heterocycles. The van der Waals surface area contributed by atoms with E-state index in [9.17, 15) is 19.7 Å². The number of rotatable bonds is 7. The van der Waals surface area contributed by atoms with Crippen LogP contribution in [-0.2, 0) is 20.7 Å². The molecule has 1 amide bonds. The Morgan fingerprint density at radius 2 is 1.93 bits per heavy atom. The largest absolute Gasteiger partial charge is 0.496 e. The van der Waals surface area contributed by atoms with E-state index in [4.69, 9.17) is 32.7 Å². The Balaban J connectivity index is 1.91. The molecule has 0 saturated heterocycles. The summed E-state index contributed by atoms with van der Waals surface area (Å²) in [6.07, 6.45) is -0.130. The van der Waals surface area contributed by atoms with Gasteiger partial charge in [0.25, 0.3) is 11.6 Å². The number of ether oxygens (including phenoxy) is 2. The van der Waals surface area contributed by atoms with Gasteiger partial charge >= 0.3 is 5.97 Å². The van der Waals surface area contributed by atoms with Gasteiger partial charge in [-0.2, -0.15) is 0 Å². The first-order valence-electron chi connectivity index (χ1n) is 7.52. The van der Waals surface area contributed by atoms with Crippen LogP contribution in [0, 0.1) is 10.1 Å². The molecule has 2 aromatic rings. The molecular weight excluding hydrogens is 399 g/mol. The number of carbonyl (C=O) groups is 2. The summed E-state index contributed by atoms with van der Waals surface area (Å²) < 4.78 is 10.1. The number of hydrogen-bond donors (Lipinski definition) is 1. The lowest BCUT2D eigenvalue weighted by Gasteiger charge is -2.10. The summed E-state index contributed by atoms with van der Waals surface area (Å²) in [5.41, 5.74) is 0.480. The van der Waals surface area contributed by atoms with Crippen LogP contribution in [-0.4, -0.2) is 30.5 Å². The van der Waals surface area contributed by atoms with Crippen molar-refractivity contribution in [1.82, 2.24) is 0 Å². The van der Waals surface area contributed by atoms with E-state index < -0.39 is 23.4 Å². The number of nitro benzene ring substituents is 1. The minimum atomic E-state index is -0.652. The highest BCUT2D eigenvalue weighted by Crippen LogP contribution is 2.26. The number of nitrogens with one attached hydrogen (secondary N) is 1. The summed E-state index contributed by atoms with van der Waals surface area (Å²) >= 11 is 11.8. The van der Waals surface area contributed by atoms with Crippen molar-refractivity contribution in [3.8, 4) is 5.75 Å². The van der Waals surface area contributed by atoms with Gasteiger partial charge in [-0.05, 0) is 24.3 Å². The number of benzene rings is 2. The van der Waals surface area contributed by atoms with Crippen LogP contribution in [0.15, 0.2) is 36.4 Å². The molecule has 0 atom stereocenters. The molecule has 0 saturated carbocycles. The lowest BCUT2D eigenvalue weighted by Crippen LogP contribution is -2.22. The summed E-state index contributed by atoms with van der Waals surface area (Å²) in [6.45, 7) is -0.547. The fourth-order valence-corrected chi connectivity index (χ4v) is 2.56. The monoisotopic (exact) mass is 412 g/mol. The maximum Gasteiger partial charge on any atom is 0.310 e. The van der Waals surface area contributed by atoms with E-state index in [1.807, 2.05) is 0 Å². The second kappa shape index (κ2) is 9.20. The predicted octanol–water partition coefficient (Wildman–Crippen LogP) is 3.63. The van der Waals surface area contributed by atoms with Gasteiger partial charge in [0, 0.05) is 22.7 Å². The van der Waals surface area contributed by atoms with Gasteiger partial charge in [0.2, 0.25) is 0 Å². The second-order valence-electron chi connectivity index (χ2n) is 5.26. The lowest BCUT2D eigenvalue weighted by molar-refractivity contribution is -0.384. The fraction of sp³-hybridized carbons (Fsp3) is 0.176. The number of nitrogens with zero attached hydrogens (tertiary/aromatic N) is 1. The van der Waals surface area contributed by atoms with Crippen LogP contribution in [0.3, 0.4) is 0 Å². The predicted molar refractivity (Wildman–Crippen MR) is 99.4 cm³/mol. The van der Waals surface area contributed by atoms with E-state index in [2.05, 4.69) is 5.32 Å². The van der Waals surface area contributed by atoms with Crippen LogP contribution in [0.4, 0.5) is 11.4 Å². The van der Waals surface area contributed by atoms with E-state index in [0.717, 1.165) is 6.07 Å². The summed E-state index contributed by atoms with van der Waals surface area (Å²) in [4.78, 5) is 33.9. The van der Waals surface area contributed by atoms with E-state index in [0.29, 0.717) is 16.3 Å². The Labute approximate surface area is 164 Å². The summed E-state index contributed by atoms with van der Waals surface area (Å²) in [7, 11) is 1.46. The molecule has 0 fully saturated rings. The van der Waals surface area contributed by atoms with Crippen molar-refractivity contribution in [2.75, 3.05) is 19.0 Å². The zero-order chi connectivity index (χ0) is 20.0. The zero-order valence-corrected chi connectivity index (χ0v) is 15.5. The normalized spacial score (nSPS) is 10.2. The van der Waals surface area contributed by atoms with Gasteiger partial charge in [-0.3, -0.25) is 19.7 Å². The molecule has 1 N–H and O–H groups in total. The molecule has 27 heavy (non-hydrogen) atoms. The van der Waals surface area contributed by atoms with Gasteiger partial charge in [-0.25, -0.2) is 0 Å². The van der Waals surface area contributed by atoms with E-state index in [1.54, 1.807) is 18.2 Å². The van der Waals surface area contributed by atoms with Crippen molar-refractivity contribution >= 4 is 46.5 Å². The molecule has 2 aromatic carbocycles. The zero-order valence-electron chi connectivity index (χ0n) is 14.0. The van der Waals surface area contributed by atoms with Crippen LogP contribution in [0.25, 0.3) is 0 Å². The number of carbonyl (C=O) groups excluding carboxylic acids is 2. The van der Waals surface area contributed by atoms with Crippen molar-refractivity contribution in [2.45, 2.75) is 6.42 Å². The minimum absolute atomic E-state index is 0.00691. The standard InChI is InChI=1S/C17H14Cl2N2O6/c1-26-15-5-2-11(18)6-10(15)7-17(23)27-9-16(22)20-14-4-3-12(21(24)25)8-13(14)19/h2-6,8H,7,9H2,1H3,(H,20,22). The fourth-order valence-electron chi connectivity index (χ4n) is 2.14. The molecule has 0 radical (unpaired) electrons. The van der Waals surface area contributed by atoms with Gasteiger partial charge in [-0.1, -0.05) is 23.2 Å². The van der Waals surface area contributed by atoms with Gasteiger partial charge in [0.1, 0.15) is 5.75 Å². The van der Waals surface area contributed by atoms with Crippen LogP contribution >= 0.6 is 23.2 Å². The highest BCUT2D eigenvalue weighted by molar-refractivity contribution is 6.34. The molecule has 142 valence electrons. The van der Waals surface area contributed by atoms with Crippen LogP contribution in [0.2, 0.25) is 10.0 Å². The summed E-state index contributed by atoms with van der Waals surface area (Å²) in [5.74, 6) is -0.823. The van der Waals surface area contributed by atoms with Crippen molar-refractivity contribution in [3.05, 3.63) is 62.1 Å². The van der Waals surface area contributed by atoms with Crippen molar-refractivity contribution in [3.63, 3.8) is 0 Å². The van der Waals surface area contributed by atoms with Crippen LogP contribution < -0.4 is 10.1 Å². The van der Waals surface area contributed by atoms with Crippen molar-refractivity contribution in [1.29, 1.82) is 0 Å². The third-order valence-corrected chi connectivity index (χ3v) is 3.93. The third-order valence-electron chi connectivity index (χ3n) is 3.38. The van der Waals surface area contributed by atoms with Gasteiger partial charge in [-0.15, -0.1) is 0 Å². The van der Waals surface area contributed by atoms with Crippen LogP contribution in [0.1, 0.15) is 5.56 Å². The van der Waals surface area contributed by atoms with Crippen LogP contribution in [0.5, 0.6) is 5.75 Å². The molecule has 0 bridgehead atoms.